The zero-order chi connectivity index (χ0) is 18.5. The normalized spacial score (nSPS) is 10.6. The molecule has 0 heterocycles. The summed E-state index contributed by atoms with van der Waals surface area (Å²) in [4.78, 5) is 13.3. The Bertz CT molecular complexity index is 940. The third-order valence-corrected chi connectivity index (χ3v) is 5.21. The molecule has 0 fully saturated rings. The van der Waals surface area contributed by atoms with Crippen LogP contribution in [0.25, 0.3) is 10.8 Å². The molecule has 134 valence electrons. The van der Waals surface area contributed by atoms with E-state index in [4.69, 9.17) is 21.1 Å². The average Bonchev–Trinajstić information content (AvgIpc) is 2.66. The number of fused-ring (bicyclic) bond motifs is 1. The van der Waals surface area contributed by atoms with Gasteiger partial charge in [-0.2, -0.15) is 0 Å². The van der Waals surface area contributed by atoms with Crippen LogP contribution >= 0.6 is 23.4 Å². The number of nitrogens with one attached hydrogen (secondary N) is 1. The van der Waals surface area contributed by atoms with Crippen molar-refractivity contribution in [3.63, 3.8) is 0 Å². The largest absolute Gasteiger partial charge is 0.493 e. The fourth-order valence-electron chi connectivity index (χ4n) is 2.64. The predicted octanol–water partition coefficient (Wildman–Crippen LogP) is 5.24. The highest BCUT2D eigenvalue weighted by molar-refractivity contribution is 8.00. The Hall–Kier alpha value is -2.37. The molecule has 4 nitrogen and oxygen atoms in total. The molecule has 0 aliphatic heterocycles. The van der Waals surface area contributed by atoms with Crippen molar-refractivity contribution in [2.24, 2.45) is 0 Å². The van der Waals surface area contributed by atoms with E-state index < -0.39 is 0 Å². The molecule has 1 amide bonds. The number of anilines is 1. The molecule has 0 saturated carbocycles. The van der Waals surface area contributed by atoms with Crippen LogP contribution in [0.5, 0.6) is 11.5 Å². The number of rotatable bonds is 6. The minimum atomic E-state index is -0.105. The highest BCUT2D eigenvalue weighted by Crippen LogP contribution is 2.33. The van der Waals surface area contributed by atoms with Crippen LogP contribution in [0.3, 0.4) is 0 Å². The Morgan fingerprint density at radius 2 is 1.77 bits per heavy atom. The van der Waals surface area contributed by atoms with E-state index in [2.05, 4.69) is 5.32 Å². The van der Waals surface area contributed by atoms with E-state index in [1.165, 1.54) is 11.8 Å². The van der Waals surface area contributed by atoms with E-state index >= 15 is 0 Å². The number of thioether (sulfide) groups is 1. The van der Waals surface area contributed by atoms with Crippen LogP contribution in [0.2, 0.25) is 5.02 Å². The van der Waals surface area contributed by atoms with E-state index in [9.17, 15) is 4.79 Å². The highest BCUT2D eigenvalue weighted by atomic mass is 35.5. The van der Waals surface area contributed by atoms with Gasteiger partial charge in [0, 0.05) is 27.1 Å². The third kappa shape index (κ3) is 4.06. The molecule has 3 aromatic carbocycles. The van der Waals surface area contributed by atoms with Crippen molar-refractivity contribution in [1.29, 1.82) is 0 Å². The molecule has 0 aromatic heterocycles. The van der Waals surface area contributed by atoms with Crippen LogP contribution in [-0.2, 0) is 4.79 Å². The van der Waals surface area contributed by atoms with Gasteiger partial charge in [0.1, 0.15) is 0 Å². The molecule has 1 N–H and O–H groups in total. The summed E-state index contributed by atoms with van der Waals surface area (Å²) in [6.45, 7) is 0. The van der Waals surface area contributed by atoms with Crippen LogP contribution in [0.1, 0.15) is 0 Å². The van der Waals surface area contributed by atoms with Crippen LogP contribution in [0.15, 0.2) is 59.5 Å². The third-order valence-electron chi connectivity index (χ3n) is 3.84. The first-order chi connectivity index (χ1) is 12.6. The van der Waals surface area contributed by atoms with E-state index in [0.717, 1.165) is 15.7 Å². The molecule has 0 saturated heterocycles. The van der Waals surface area contributed by atoms with Crippen LogP contribution < -0.4 is 14.8 Å². The smallest absolute Gasteiger partial charge is 0.234 e. The molecule has 0 radical (unpaired) electrons. The molecule has 0 aliphatic rings. The molecule has 0 atom stereocenters. The van der Waals surface area contributed by atoms with Crippen LogP contribution in [-0.4, -0.2) is 25.9 Å². The van der Waals surface area contributed by atoms with Crippen molar-refractivity contribution in [2.75, 3.05) is 25.3 Å². The summed E-state index contributed by atoms with van der Waals surface area (Å²) in [6, 6.07) is 17.0. The lowest BCUT2D eigenvalue weighted by Crippen LogP contribution is -2.14. The van der Waals surface area contributed by atoms with E-state index in [-0.39, 0.29) is 11.7 Å². The maximum Gasteiger partial charge on any atom is 0.234 e. The van der Waals surface area contributed by atoms with Crippen molar-refractivity contribution in [3.8, 4) is 11.5 Å². The second kappa shape index (κ2) is 8.34. The number of methoxy groups -OCH3 is 2. The number of halogens is 1. The van der Waals surface area contributed by atoms with Gasteiger partial charge in [-0.05, 0) is 29.7 Å². The molecule has 0 spiro atoms. The summed E-state index contributed by atoms with van der Waals surface area (Å²) >= 11 is 7.79. The molecule has 0 bridgehead atoms. The van der Waals surface area contributed by atoms with Gasteiger partial charge >= 0.3 is 0 Å². The first-order valence-corrected chi connectivity index (χ1v) is 9.30. The summed E-state index contributed by atoms with van der Waals surface area (Å²) in [7, 11) is 3.13. The molecular formula is C20H18ClNO3S. The number of ether oxygens (including phenoxy) is 2. The Kier molecular flexibility index (Phi) is 5.91. The van der Waals surface area contributed by atoms with Gasteiger partial charge in [-0.1, -0.05) is 35.9 Å². The topological polar surface area (TPSA) is 47.6 Å². The fraction of sp³-hybridized carbons (Fsp3) is 0.150. The molecule has 0 aliphatic carbocycles. The van der Waals surface area contributed by atoms with E-state index in [1.807, 2.05) is 36.4 Å². The number of carbonyl (C=O) groups excluding carboxylic acids is 1. The van der Waals surface area contributed by atoms with Gasteiger partial charge in [0.15, 0.2) is 11.5 Å². The SMILES string of the molecule is COc1ccc(NC(=O)CSc2cccc3cccc(Cl)c23)cc1OC. The highest BCUT2D eigenvalue weighted by Gasteiger charge is 2.10. The maximum atomic E-state index is 12.3. The van der Waals surface area contributed by atoms with Gasteiger partial charge in [-0.15, -0.1) is 11.8 Å². The maximum absolute atomic E-state index is 12.3. The van der Waals surface area contributed by atoms with Gasteiger partial charge in [0.05, 0.1) is 20.0 Å². The van der Waals surface area contributed by atoms with Gasteiger partial charge in [0.2, 0.25) is 5.91 Å². The van der Waals surface area contributed by atoms with Crippen molar-refractivity contribution >= 4 is 45.7 Å². The zero-order valence-corrected chi connectivity index (χ0v) is 16.0. The standard InChI is InChI=1S/C20H18ClNO3S/c1-24-16-10-9-14(11-17(16)25-2)22-19(23)12-26-18-8-4-6-13-5-3-7-15(21)20(13)18/h3-11H,12H2,1-2H3,(H,22,23). The first kappa shape index (κ1) is 18.4. The van der Waals surface area contributed by atoms with Crippen molar-refractivity contribution in [1.82, 2.24) is 0 Å². The van der Waals surface area contributed by atoms with Crippen molar-refractivity contribution in [3.05, 3.63) is 59.6 Å². The van der Waals surface area contributed by atoms with Crippen molar-refractivity contribution in [2.45, 2.75) is 4.90 Å². The Labute approximate surface area is 161 Å². The molecule has 6 heteroatoms. The minimum Gasteiger partial charge on any atom is -0.493 e. The zero-order valence-electron chi connectivity index (χ0n) is 14.4. The predicted molar refractivity (Wildman–Crippen MR) is 108 cm³/mol. The van der Waals surface area contributed by atoms with E-state index in [1.54, 1.807) is 32.4 Å². The number of carbonyl (C=O) groups is 1. The monoisotopic (exact) mass is 387 g/mol. The summed E-state index contributed by atoms with van der Waals surface area (Å²) < 4.78 is 10.5. The summed E-state index contributed by atoms with van der Waals surface area (Å²) in [5.74, 6) is 1.36. The number of benzene rings is 3. The van der Waals surface area contributed by atoms with E-state index in [0.29, 0.717) is 22.2 Å². The van der Waals surface area contributed by atoms with Gasteiger partial charge in [-0.3, -0.25) is 4.79 Å². The lowest BCUT2D eigenvalue weighted by atomic mass is 10.1. The second-order valence-electron chi connectivity index (χ2n) is 5.50. The van der Waals surface area contributed by atoms with Gasteiger partial charge in [-0.25, -0.2) is 0 Å². The summed E-state index contributed by atoms with van der Waals surface area (Å²) in [6.07, 6.45) is 0. The number of hydrogen-bond acceptors (Lipinski definition) is 4. The summed E-state index contributed by atoms with van der Waals surface area (Å²) in [5.41, 5.74) is 0.657. The molecule has 0 unspecified atom stereocenters. The summed E-state index contributed by atoms with van der Waals surface area (Å²) in [5, 5.41) is 5.59. The second-order valence-corrected chi connectivity index (χ2v) is 6.93. The number of hydrogen-bond donors (Lipinski definition) is 1. The molecule has 3 rings (SSSR count). The molecule has 3 aromatic rings. The first-order valence-electron chi connectivity index (χ1n) is 7.94. The van der Waals surface area contributed by atoms with Crippen LogP contribution in [0.4, 0.5) is 5.69 Å². The Morgan fingerprint density at radius 1 is 1.04 bits per heavy atom. The molecular weight excluding hydrogens is 370 g/mol. The Morgan fingerprint density at radius 3 is 2.50 bits per heavy atom. The number of amides is 1. The van der Waals surface area contributed by atoms with Gasteiger partial charge < -0.3 is 14.8 Å². The van der Waals surface area contributed by atoms with Gasteiger partial charge in [0.25, 0.3) is 0 Å². The lowest BCUT2D eigenvalue weighted by molar-refractivity contribution is -0.113. The van der Waals surface area contributed by atoms with Crippen molar-refractivity contribution < 1.29 is 14.3 Å². The molecule has 26 heavy (non-hydrogen) atoms. The Balaban J connectivity index is 1.70. The minimum absolute atomic E-state index is 0.105. The fourth-order valence-corrected chi connectivity index (χ4v) is 3.88. The average molecular weight is 388 g/mol. The quantitative estimate of drug-likeness (QED) is 0.587. The lowest BCUT2D eigenvalue weighted by Gasteiger charge is -2.11. The van der Waals surface area contributed by atoms with Crippen LogP contribution in [0, 0.1) is 0 Å².